The van der Waals surface area contributed by atoms with E-state index in [1.54, 1.807) is 0 Å². The molecule has 1 N–H and O–H groups in total. The Bertz CT molecular complexity index is 232. The molecule has 0 radical (unpaired) electrons. The van der Waals surface area contributed by atoms with Crippen LogP contribution >= 0.6 is 0 Å². The van der Waals surface area contributed by atoms with Gasteiger partial charge in [0, 0.05) is 38.3 Å². The molecular weight excluding hydrogens is 234 g/mol. The van der Waals surface area contributed by atoms with Crippen LogP contribution in [0.2, 0.25) is 0 Å². The smallest absolute Gasteiger partial charge is 0.0113 e. The fourth-order valence-corrected chi connectivity index (χ4v) is 3.07. The fraction of sp³-hybridized carbons (Fsp3) is 1.00. The summed E-state index contributed by atoms with van der Waals surface area (Å²) in [6.45, 7) is 12.3. The van der Waals surface area contributed by atoms with Gasteiger partial charge in [0.1, 0.15) is 0 Å². The summed E-state index contributed by atoms with van der Waals surface area (Å²) in [4.78, 5) is 5.37. The van der Waals surface area contributed by atoms with Crippen LogP contribution in [0, 0.1) is 0 Å². The maximum atomic E-state index is 3.58. The van der Waals surface area contributed by atoms with Crippen molar-refractivity contribution in [3.05, 3.63) is 0 Å². The first-order chi connectivity index (χ1) is 9.29. The van der Waals surface area contributed by atoms with Crippen LogP contribution in [0.3, 0.4) is 0 Å². The van der Waals surface area contributed by atoms with Crippen molar-refractivity contribution in [3.8, 4) is 0 Å². The minimum atomic E-state index is 0.701. The number of piperazine rings is 1. The van der Waals surface area contributed by atoms with Crippen LogP contribution < -0.4 is 5.32 Å². The van der Waals surface area contributed by atoms with Gasteiger partial charge in [0.15, 0.2) is 0 Å². The van der Waals surface area contributed by atoms with E-state index in [2.05, 4.69) is 29.0 Å². The van der Waals surface area contributed by atoms with E-state index >= 15 is 0 Å². The number of unbranched alkanes of at least 4 members (excludes halogenated alkanes) is 1. The summed E-state index contributed by atoms with van der Waals surface area (Å²) in [6, 6.07) is 1.67. The predicted octanol–water partition coefficient (Wildman–Crippen LogP) is 2.32. The van der Waals surface area contributed by atoms with Crippen LogP contribution in [0.15, 0.2) is 0 Å². The Hall–Kier alpha value is -0.120. The minimum absolute atomic E-state index is 0.701. The molecule has 1 aliphatic carbocycles. The molecule has 0 aromatic rings. The Kier molecular flexibility index (Phi) is 6.62. The zero-order chi connectivity index (χ0) is 13.5. The molecule has 1 saturated heterocycles. The molecule has 0 aromatic heterocycles. The van der Waals surface area contributed by atoms with Crippen molar-refractivity contribution in [1.82, 2.24) is 15.1 Å². The topological polar surface area (TPSA) is 18.5 Å². The van der Waals surface area contributed by atoms with E-state index in [0.717, 1.165) is 6.04 Å². The average molecular weight is 267 g/mol. The van der Waals surface area contributed by atoms with E-state index in [1.807, 2.05) is 0 Å². The molecule has 0 spiro atoms. The largest absolute Gasteiger partial charge is 0.314 e. The molecule has 0 bridgehead atoms. The molecule has 0 aromatic carbocycles. The molecule has 0 amide bonds. The Labute approximate surface area is 119 Å². The number of nitrogens with zero attached hydrogens (tertiary/aromatic N) is 2. The molecular formula is C16H33N3. The molecule has 19 heavy (non-hydrogen) atoms. The maximum absolute atomic E-state index is 3.58. The summed E-state index contributed by atoms with van der Waals surface area (Å²) in [5.41, 5.74) is 0. The van der Waals surface area contributed by atoms with Crippen LogP contribution in [-0.2, 0) is 0 Å². The minimum Gasteiger partial charge on any atom is -0.314 e. The second kappa shape index (κ2) is 8.23. The van der Waals surface area contributed by atoms with Crippen molar-refractivity contribution < 1.29 is 0 Å². The lowest BCUT2D eigenvalue weighted by Gasteiger charge is -2.34. The summed E-state index contributed by atoms with van der Waals surface area (Å²) in [7, 11) is 0. The Morgan fingerprint density at radius 2 is 1.84 bits per heavy atom. The van der Waals surface area contributed by atoms with Crippen molar-refractivity contribution in [1.29, 1.82) is 0 Å². The highest BCUT2D eigenvalue weighted by atomic mass is 15.3. The van der Waals surface area contributed by atoms with Gasteiger partial charge in [-0.25, -0.2) is 0 Å². The molecule has 2 fully saturated rings. The molecule has 2 aliphatic rings. The van der Waals surface area contributed by atoms with E-state index in [1.165, 1.54) is 77.8 Å². The summed E-state index contributed by atoms with van der Waals surface area (Å²) >= 11 is 0. The van der Waals surface area contributed by atoms with Gasteiger partial charge in [-0.3, -0.25) is 4.90 Å². The van der Waals surface area contributed by atoms with E-state index < -0.39 is 0 Å². The highest BCUT2D eigenvalue weighted by Gasteiger charge is 2.30. The Morgan fingerprint density at radius 3 is 2.47 bits per heavy atom. The lowest BCUT2D eigenvalue weighted by molar-refractivity contribution is 0.125. The predicted molar refractivity (Wildman–Crippen MR) is 82.6 cm³/mol. The van der Waals surface area contributed by atoms with E-state index in [9.17, 15) is 0 Å². The maximum Gasteiger partial charge on any atom is 0.0113 e. The monoisotopic (exact) mass is 267 g/mol. The van der Waals surface area contributed by atoms with Gasteiger partial charge in [-0.1, -0.05) is 13.3 Å². The zero-order valence-corrected chi connectivity index (χ0v) is 13.0. The highest BCUT2D eigenvalue weighted by molar-refractivity contribution is 4.87. The van der Waals surface area contributed by atoms with Crippen LogP contribution in [0.4, 0.5) is 0 Å². The number of hydrogen-bond donors (Lipinski definition) is 1. The van der Waals surface area contributed by atoms with Crippen molar-refractivity contribution >= 4 is 0 Å². The van der Waals surface area contributed by atoms with Crippen molar-refractivity contribution in [2.75, 3.05) is 39.3 Å². The summed E-state index contributed by atoms with van der Waals surface area (Å²) in [5, 5.41) is 3.58. The van der Waals surface area contributed by atoms with Crippen LogP contribution in [-0.4, -0.2) is 61.2 Å². The Morgan fingerprint density at radius 1 is 1.11 bits per heavy atom. The summed E-state index contributed by atoms with van der Waals surface area (Å²) in [6.07, 6.45) is 8.26. The second-order valence-electron chi connectivity index (χ2n) is 6.46. The highest BCUT2D eigenvalue weighted by Crippen LogP contribution is 2.27. The lowest BCUT2D eigenvalue weighted by Crippen LogP contribution is -2.47. The average Bonchev–Trinajstić information content (AvgIpc) is 3.26. The normalized spacial score (nSPS) is 23.7. The molecule has 3 heteroatoms. The molecule has 3 nitrogen and oxygen atoms in total. The van der Waals surface area contributed by atoms with E-state index in [-0.39, 0.29) is 0 Å². The van der Waals surface area contributed by atoms with Gasteiger partial charge in [0.2, 0.25) is 0 Å². The molecule has 112 valence electrons. The molecule has 1 unspecified atom stereocenters. The standard InChI is InChI=1S/C16H33N3/c1-3-9-17-15(2)6-4-5-10-18-11-13-19(14-12-18)16-7-8-16/h15-17H,3-14H2,1-2H3. The first-order valence-corrected chi connectivity index (χ1v) is 8.49. The molecule has 2 rings (SSSR count). The van der Waals surface area contributed by atoms with E-state index in [0.29, 0.717) is 6.04 Å². The van der Waals surface area contributed by atoms with Crippen molar-refractivity contribution in [2.24, 2.45) is 0 Å². The molecule has 1 heterocycles. The third-order valence-electron chi connectivity index (χ3n) is 4.57. The summed E-state index contributed by atoms with van der Waals surface area (Å²) < 4.78 is 0. The van der Waals surface area contributed by atoms with Gasteiger partial charge in [-0.2, -0.15) is 0 Å². The quantitative estimate of drug-likeness (QED) is 0.647. The first-order valence-electron chi connectivity index (χ1n) is 8.49. The number of nitrogens with one attached hydrogen (secondary N) is 1. The van der Waals surface area contributed by atoms with Gasteiger partial charge in [-0.05, 0) is 52.1 Å². The van der Waals surface area contributed by atoms with Crippen LogP contribution in [0.5, 0.6) is 0 Å². The zero-order valence-electron chi connectivity index (χ0n) is 13.0. The third-order valence-corrected chi connectivity index (χ3v) is 4.57. The number of hydrogen-bond acceptors (Lipinski definition) is 3. The van der Waals surface area contributed by atoms with Crippen molar-refractivity contribution in [2.45, 2.75) is 64.5 Å². The fourth-order valence-electron chi connectivity index (χ4n) is 3.07. The van der Waals surface area contributed by atoms with Gasteiger partial charge in [0.05, 0.1) is 0 Å². The van der Waals surface area contributed by atoms with Crippen LogP contribution in [0.1, 0.15) is 52.4 Å². The first kappa shape index (κ1) is 15.3. The van der Waals surface area contributed by atoms with Gasteiger partial charge in [0.25, 0.3) is 0 Å². The van der Waals surface area contributed by atoms with E-state index in [4.69, 9.17) is 0 Å². The molecule has 1 aliphatic heterocycles. The lowest BCUT2D eigenvalue weighted by atomic mass is 10.1. The van der Waals surface area contributed by atoms with Crippen molar-refractivity contribution in [3.63, 3.8) is 0 Å². The molecule has 1 saturated carbocycles. The summed E-state index contributed by atoms with van der Waals surface area (Å²) in [5.74, 6) is 0. The van der Waals surface area contributed by atoms with Gasteiger partial charge >= 0.3 is 0 Å². The van der Waals surface area contributed by atoms with Crippen LogP contribution in [0.25, 0.3) is 0 Å². The second-order valence-corrected chi connectivity index (χ2v) is 6.46. The third kappa shape index (κ3) is 5.80. The molecule has 1 atom stereocenters. The SMILES string of the molecule is CCCNC(C)CCCCN1CCN(C2CC2)CC1. The van der Waals surface area contributed by atoms with Gasteiger partial charge in [-0.15, -0.1) is 0 Å². The van der Waals surface area contributed by atoms with Gasteiger partial charge < -0.3 is 10.2 Å². The number of rotatable bonds is 9. The Balaban J connectivity index is 1.45.